The van der Waals surface area contributed by atoms with Gasteiger partial charge in [0, 0.05) is 23.7 Å². The van der Waals surface area contributed by atoms with Gasteiger partial charge in [0.2, 0.25) is 0 Å². The fourth-order valence-electron chi connectivity index (χ4n) is 2.51. The Morgan fingerprint density at radius 1 is 1.08 bits per heavy atom. The molecule has 25 heavy (non-hydrogen) atoms. The summed E-state index contributed by atoms with van der Waals surface area (Å²) in [5.74, 6) is 2.06. The summed E-state index contributed by atoms with van der Waals surface area (Å²) in [6.07, 6.45) is 3.21. The van der Waals surface area contributed by atoms with Crippen molar-refractivity contribution in [1.82, 2.24) is 4.90 Å². The first kappa shape index (κ1) is 18.9. The van der Waals surface area contributed by atoms with Gasteiger partial charge in [0.05, 0.1) is 20.5 Å². The molecule has 0 unspecified atom stereocenters. The molecule has 0 bridgehead atoms. The first-order valence-corrected chi connectivity index (χ1v) is 8.41. The molecule has 0 saturated carbocycles. The van der Waals surface area contributed by atoms with E-state index >= 15 is 0 Å². The number of ether oxygens (including phenoxy) is 2. The fraction of sp³-hybridized carbons (Fsp3) is 0.421. The molecular weight excluding hydrogens is 320 g/mol. The molecule has 2 aromatic rings. The summed E-state index contributed by atoms with van der Waals surface area (Å²) in [4.78, 5) is 7.62. The Kier molecular flexibility index (Phi) is 7.35. The molecular formula is C19H26N2O4. The van der Waals surface area contributed by atoms with Gasteiger partial charge in [0.15, 0.2) is 5.76 Å². The zero-order valence-electron chi connectivity index (χ0n) is 15.3. The molecule has 0 N–H and O–H groups in total. The van der Waals surface area contributed by atoms with Crippen LogP contribution in [0.4, 0.5) is 0 Å². The van der Waals surface area contributed by atoms with Crippen molar-refractivity contribution in [1.29, 1.82) is 0 Å². The van der Waals surface area contributed by atoms with E-state index in [1.54, 1.807) is 26.7 Å². The molecule has 0 aliphatic carbocycles. The number of methoxy groups -OCH3 is 2. The van der Waals surface area contributed by atoms with E-state index in [0.717, 1.165) is 36.5 Å². The lowest BCUT2D eigenvalue weighted by Gasteiger charge is -2.16. The number of rotatable bonds is 10. The first-order chi connectivity index (χ1) is 12.2. The lowest BCUT2D eigenvalue weighted by atomic mass is 10.1. The second-order valence-electron chi connectivity index (χ2n) is 5.36. The minimum absolute atomic E-state index is 0.542. The van der Waals surface area contributed by atoms with E-state index in [-0.39, 0.29) is 0 Å². The zero-order valence-corrected chi connectivity index (χ0v) is 15.3. The molecule has 0 fully saturated rings. The summed E-state index contributed by atoms with van der Waals surface area (Å²) in [7, 11) is 3.25. The van der Waals surface area contributed by atoms with Crippen LogP contribution in [0.2, 0.25) is 0 Å². The van der Waals surface area contributed by atoms with E-state index in [1.165, 1.54) is 0 Å². The third kappa shape index (κ3) is 5.00. The molecule has 1 aromatic heterocycles. The highest BCUT2D eigenvalue weighted by Crippen LogP contribution is 2.35. The van der Waals surface area contributed by atoms with Gasteiger partial charge in [-0.15, -0.1) is 0 Å². The van der Waals surface area contributed by atoms with Crippen LogP contribution >= 0.6 is 0 Å². The van der Waals surface area contributed by atoms with Crippen molar-refractivity contribution >= 4 is 6.21 Å². The average Bonchev–Trinajstić information content (AvgIpc) is 3.12. The molecule has 0 amide bonds. The SMILES string of the molecule is CCN(CC)CCON=Cc1occc1-c1ccc(OC)cc1OC. The molecule has 6 nitrogen and oxygen atoms in total. The van der Waals surface area contributed by atoms with E-state index < -0.39 is 0 Å². The summed E-state index contributed by atoms with van der Waals surface area (Å²) in [5.41, 5.74) is 1.79. The van der Waals surface area contributed by atoms with Crippen molar-refractivity contribution in [2.45, 2.75) is 13.8 Å². The Morgan fingerprint density at radius 2 is 1.88 bits per heavy atom. The standard InChI is InChI=1S/C19H26N2O4/c1-5-21(6-2)10-12-25-20-14-19-17(9-11-24-19)16-8-7-15(22-3)13-18(16)23-4/h7-9,11,13-14H,5-6,10,12H2,1-4H3. The third-order valence-electron chi connectivity index (χ3n) is 4.03. The van der Waals surface area contributed by atoms with Crippen molar-refractivity contribution in [3.8, 4) is 22.6 Å². The maximum Gasteiger partial charge on any atom is 0.156 e. The van der Waals surface area contributed by atoms with Gasteiger partial charge in [-0.25, -0.2) is 0 Å². The van der Waals surface area contributed by atoms with Crippen LogP contribution in [0.5, 0.6) is 11.5 Å². The van der Waals surface area contributed by atoms with Crippen molar-refractivity contribution in [2.75, 3.05) is 40.5 Å². The molecule has 1 heterocycles. The molecule has 0 radical (unpaired) electrons. The Bertz CT molecular complexity index is 678. The second-order valence-corrected chi connectivity index (χ2v) is 5.36. The minimum atomic E-state index is 0.542. The van der Waals surface area contributed by atoms with Gasteiger partial charge in [-0.1, -0.05) is 19.0 Å². The molecule has 0 aliphatic heterocycles. The molecule has 0 aliphatic rings. The number of nitrogens with zero attached hydrogens (tertiary/aromatic N) is 2. The zero-order chi connectivity index (χ0) is 18.1. The van der Waals surface area contributed by atoms with Crippen LogP contribution < -0.4 is 9.47 Å². The smallest absolute Gasteiger partial charge is 0.156 e. The summed E-state index contributed by atoms with van der Waals surface area (Å²) in [6.45, 7) is 7.66. The van der Waals surface area contributed by atoms with Crippen LogP contribution in [-0.4, -0.2) is 51.6 Å². The molecule has 0 saturated heterocycles. The highest BCUT2D eigenvalue weighted by atomic mass is 16.6. The van der Waals surface area contributed by atoms with Crippen molar-refractivity contribution < 1.29 is 18.7 Å². The summed E-state index contributed by atoms with van der Waals surface area (Å²) >= 11 is 0. The maximum absolute atomic E-state index is 5.52. The summed E-state index contributed by atoms with van der Waals surface area (Å²) < 4.78 is 16.2. The van der Waals surface area contributed by atoms with Crippen LogP contribution in [-0.2, 0) is 4.84 Å². The van der Waals surface area contributed by atoms with Gasteiger partial charge in [-0.2, -0.15) is 0 Å². The average molecular weight is 346 g/mol. The number of hydrogen-bond donors (Lipinski definition) is 0. The lowest BCUT2D eigenvalue weighted by Crippen LogP contribution is -2.26. The van der Waals surface area contributed by atoms with Crippen LogP contribution in [0.25, 0.3) is 11.1 Å². The van der Waals surface area contributed by atoms with Gasteiger partial charge in [-0.05, 0) is 31.3 Å². The molecule has 6 heteroatoms. The molecule has 0 atom stereocenters. The van der Waals surface area contributed by atoms with Gasteiger partial charge in [0.25, 0.3) is 0 Å². The van der Waals surface area contributed by atoms with Crippen LogP contribution in [0.15, 0.2) is 40.1 Å². The predicted molar refractivity (Wildman–Crippen MR) is 98.6 cm³/mol. The molecule has 136 valence electrons. The number of hydrogen-bond acceptors (Lipinski definition) is 6. The number of likely N-dealkylation sites (N-methyl/N-ethyl adjacent to an activating group) is 1. The van der Waals surface area contributed by atoms with Crippen LogP contribution in [0.3, 0.4) is 0 Å². The van der Waals surface area contributed by atoms with Gasteiger partial charge < -0.3 is 23.6 Å². The molecule has 1 aromatic carbocycles. The van der Waals surface area contributed by atoms with E-state index in [9.17, 15) is 0 Å². The summed E-state index contributed by atoms with van der Waals surface area (Å²) in [5, 5.41) is 4.02. The Balaban J connectivity index is 2.06. The molecule has 0 spiro atoms. The minimum Gasteiger partial charge on any atom is -0.497 e. The van der Waals surface area contributed by atoms with Crippen molar-refractivity contribution in [2.24, 2.45) is 5.16 Å². The second kappa shape index (κ2) is 9.74. The van der Waals surface area contributed by atoms with Crippen molar-refractivity contribution in [3.05, 3.63) is 36.3 Å². The first-order valence-electron chi connectivity index (χ1n) is 8.41. The van der Waals surface area contributed by atoms with E-state index in [4.69, 9.17) is 18.7 Å². The topological polar surface area (TPSA) is 56.4 Å². The van der Waals surface area contributed by atoms with E-state index in [0.29, 0.717) is 18.1 Å². The number of oxime groups is 1. The van der Waals surface area contributed by atoms with Crippen molar-refractivity contribution in [3.63, 3.8) is 0 Å². The Hall–Kier alpha value is -2.47. The highest BCUT2D eigenvalue weighted by Gasteiger charge is 2.13. The normalized spacial score (nSPS) is 11.2. The van der Waals surface area contributed by atoms with Crippen LogP contribution in [0, 0.1) is 0 Å². The van der Waals surface area contributed by atoms with Gasteiger partial charge >= 0.3 is 0 Å². The van der Waals surface area contributed by atoms with Gasteiger partial charge in [0.1, 0.15) is 24.3 Å². The third-order valence-corrected chi connectivity index (χ3v) is 4.03. The number of benzene rings is 1. The predicted octanol–water partition coefficient (Wildman–Crippen LogP) is 3.66. The quantitative estimate of drug-likeness (QED) is 0.373. The lowest BCUT2D eigenvalue weighted by molar-refractivity contribution is 0.115. The largest absolute Gasteiger partial charge is 0.497 e. The monoisotopic (exact) mass is 346 g/mol. The maximum atomic E-state index is 5.52. The number of furan rings is 1. The molecule has 2 rings (SSSR count). The van der Waals surface area contributed by atoms with Crippen LogP contribution in [0.1, 0.15) is 19.6 Å². The van der Waals surface area contributed by atoms with E-state index in [2.05, 4.69) is 23.9 Å². The summed E-state index contributed by atoms with van der Waals surface area (Å²) in [6, 6.07) is 7.53. The Morgan fingerprint density at radius 3 is 2.56 bits per heavy atom. The van der Waals surface area contributed by atoms with Gasteiger partial charge in [-0.3, -0.25) is 0 Å². The fourth-order valence-corrected chi connectivity index (χ4v) is 2.51. The van der Waals surface area contributed by atoms with E-state index in [1.807, 2.05) is 24.3 Å². The highest BCUT2D eigenvalue weighted by molar-refractivity contribution is 5.88. The Labute approximate surface area is 149 Å².